The summed E-state index contributed by atoms with van der Waals surface area (Å²) in [5.74, 6) is -1.09. The fraction of sp³-hybridized carbons (Fsp3) is 0.160. The van der Waals surface area contributed by atoms with Gasteiger partial charge < -0.3 is 5.32 Å². The second-order valence-corrected chi connectivity index (χ2v) is 7.06. The van der Waals surface area contributed by atoms with Crippen LogP contribution < -0.4 is 16.2 Å². The Hall–Kier alpha value is -3.93. The largest absolute Gasteiger partial charge is 0.345 e. The van der Waals surface area contributed by atoms with E-state index in [0.29, 0.717) is 11.1 Å². The second kappa shape index (κ2) is 10.7. The number of nitrogens with one attached hydrogen (secondary N) is 3. The Bertz CT molecular complexity index is 1020. The molecule has 6 heteroatoms. The summed E-state index contributed by atoms with van der Waals surface area (Å²) >= 11 is 0. The summed E-state index contributed by atoms with van der Waals surface area (Å²) in [6.45, 7) is 2.04. The monoisotopic (exact) mass is 415 g/mol. The van der Waals surface area contributed by atoms with Gasteiger partial charge in [0.2, 0.25) is 5.91 Å². The molecule has 31 heavy (non-hydrogen) atoms. The molecule has 3 amide bonds. The van der Waals surface area contributed by atoms with Crippen molar-refractivity contribution in [2.24, 2.45) is 0 Å². The number of hydrogen-bond acceptors (Lipinski definition) is 3. The summed E-state index contributed by atoms with van der Waals surface area (Å²) in [5.41, 5.74) is 7.74. The van der Waals surface area contributed by atoms with Crippen LogP contribution >= 0.6 is 0 Å². The summed E-state index contributed by atoms with van der Waals surface area (Å²) < 4.78 is 0. The van der Waals surface area contributed by atoms with Gasteiger partial charge in [-0.1, -0.05) is 67.6 Å². The molecule has 0 radical (unpaired) electrons. The van der Waals surface area contributed by atoms with Gasteiger partial charge in [0.25, 0.3) is 11.8 Å². The van der Waals surface area contributed by atoms with Gasteiger partial charge in [0.05, 0.1) is 12.5 Å². The van der Waals surface area contributed by atoms with Crippen LogP contribution in [0.5, 0.6) is 0 Å². The Morgan fingerprint density at radius 1 is 0.710 bits per heavy atom. The second-order valence-electron chi connectivity index (χ2n) is 7.06. The van der Waals surface area contributed by atoms with Crippen LogP contribution in [0.4, 0.5) is 0 Å². The number of carbonyl (C=O) groups excluding carboxylic acids is 3. The highest BCUT2D eigenvalue weighted by Gasteiger charge is 2.19. The summed E-state index contributed by atoms with van der Waals surface area (Å²) in [4.78, 5) is 37.4. The Balaban J connectivity index is 1.62. The van der Waals surface area contributed by atoms with Crippen LogP contribution in [0.25, 0.3) is 0 Å². The lowest BCUT2D eigenvalue weighted by Crippen LogP contribution is -2.43. The SMILES string of the molecule is CCc1ccc(C(=O)NNC(=O)C[C@H](NC(=O)c2ccccc2)c2ccccc2)cc1. The Kier molecular flexibility index (Phi) is 7.54. The quantitative estimate of drug-likeness (QED) is 0.516. The molecule has 1 atom stereocenters. The minimum Gasteiger partial charge on any atom is -0.345 e. The average Bonchev–Trinajstić information content (AvgIpc) is 2.83. The van der Waals surface area contributed by atoms with E-state index in [-0.39, 0.29) is 12.3 Å². The number of hydrazine groups is 1. The first-order chi connectivity index (χ1) is 15.1. The minimum absolute atomic E-state index is 0.0301. The highest BCUT2D eigenvalue weighted by molar-refractivity contribution is 5.96. The maximum Gasteiger partial charge on any atom is 0.269 e. The molecule has 0 unspecified atom stereocenters. The first kappa shape index (κ1) is 21.8. The molecule has 158 valence electrons. The zero-order valence-corrected chi connectivity index (χ0v) is 17.3. The molecule has 0 aliphatic heterocycles. The molecule has 0 spiro atoms. The molecule has 3 aromatic carbocycles. The smallest absolute Gasteiger partial charge is 0.269 e. The molecule has 0 bridgehead atoms. The average molecular weight is 415 g/mol. The molecule has 0 aromatic heterocycles. The lowest BCUT2D eigenvalue weighted by molar-refractivity contribution is -0.122. The molecule has 3 rings (SSSR count). The van der Waals surface area contributed by atoms with Crippen LogP contribution in [0.3, 0.4) is 0 Å². The standard InChI is InChI=1S/C25H25N3O3/c1-2-18-13-15-21(16-14-18)25(31)28-27-23(29)17-22(19-9-5-3-6-10-19)26-24(30)20-11-7-4-8-12-20/h3-16,22H,2,17H2,1H3,(H,26,30)(H,27,29)(H,28,31)/t22-/m0/s1. The third kappa shape index (κ3) is 6.27. The molecule has 0 aliphatic carbocycles. The van der Waals surface area contributed by atoms with E-state index in [9.17, 15) is 14.4 Å². The predicted molar refractivity (Wildman–Crippen MR) is 119 cm³/mol. The van der Waals surface area contributed by atoms with Crippen molar-refractivity contribution in [1.82, 2.24) is 16.2 Å². The predicted octanol–water partition coefficient (Wildman–Crippen LogP) is 3.57. The van der Waals surface area contributed by atoms with E-state index in [4.69, 9.17) is 0 Å². The van der Waals surface area contributed by atoms with Crippen molar-refractivity contribution in [2.75, 3.05) is 0 Å². The lowest BCUT2D eigenvalue weighted by Gasteiger charge is -2.19. The highest BCUT2D eigenvalue weighted by Crippen LogP contribution is 2.17. The summed E-state index contributed by atoms with van der Waals surface area (Å²) in [6, 6.07) is 24.7. The Morgan fingerprint density at radius 3 is 1.90 bits per heavy atom. The number of aryl methyl sites for hydroxylation is 1. The van der Waals surface area contributed by atoms with Gasteiger partial charge in [-0.25, -0.2) is 0 Å². The third-order valence-corrected chi connectivity index (χ3v) is 4.87. The maximum atomic E-state index is 12.6. The van der Waals surface area contributed by atoms with E-state index >= 15 is 0 Å². The van der Waals surface area contributed by atoms with Crippen LogP contribution in [0, 0.1) is 0 Å². The van der Waals surface area contributed by atoms with E-state index in [1.54, 1.807) is 36.4 Å². The van der Waals surface area contributed by atoms with Gasteiger partial charge in [0, 0.05) is 11.1 Å². The van der Waals surface area contributed by atoms with Crippen LogP contribution in [0.15, 0.2) is 84.9 Å². The molecule has 0 saturated carbocycles. The summed E-state index contributed by atoms with van der Waals surface area (Å²) in [5, 5.41) is 2.90. The highest BCUT2D eigenvalue weighted by atomic mass is 16.2. The van der Waals surface area contributed by atoms with Gasteiger partial charge in [0.1, 0.15) is 0 Å². The first-order valence-electron chi connectivity index (χ1n) is 10.2. The van der Waals surface area contributed by atoms with Gasteiger partial charge in [0.15, 0.2) is 0 Å². The zero-order chi connectivity index (χ0) is 22.1. The topological polar surface area (TPSA) is 87.3 Å². The fourth-order valence-electron chi connectivity index (χ4n) is 3.10. The number of hydrogen-bond donors (Lipinski definition) is 3. The first-order valence-corrected chi connectivity index (χ1v) is 10.2. The Morgan fingerprint density at radius 2 is 1.29 bits per heavy atom. The summed E-state index contributed by atoms with van der Waals surface area (Å²) in [7, 11) is 0. The molecule has 0 heterocycles. The maximum absolute atomic E-state index is 12.6. The van der Waals surface area contributed by atoms with E-state index in [0.717, 1.165) is 17.5 Å². The van der Waals surface area contributed by atoms with Gasteiger partial charge in [-0.15, -0.1) is 0 Å². The molecule has 6 nitrogen and oxygen atoms in total. The van der Waals surface area contributed by atoms with Crippen LogP contribution in [-0.2, 0) is 11.2 Å². The number of rotatable bonds is 7. The van der Waals surface area contributed by atoms with Crippen LogP contribution in [0.2, 0.25) is 0 Å². The van der Waals surface area contributed by atoms with Crippen molar-refractivity contribution in [3.05, 3.63) is 107 Å². The molecule has 0 fully saturated rings. The van der Waals surface area contributed by atoms with Gasteiger partial charge in [-0.2, -0.15) is 0 Å². The normalized spacial score (nSPS) is 11.3. The Labute approximate surface area is 181 Å². The molecule has 0 aliphatic rings. The van der Waals surface area contributed by atoms with Crippen LogP contribution in [0.1, 0.15) is 51.2 Å². The van der Waals surface area contributed by atoms with Crippen molar-refractivity contribution in [3.8, 4) is 0 Å². The number of amides is 3. The minimum atomic E-state index is -0.547. The van der Waals surface area contributed by atoms with Gasteiger partial charge in [-0.3, -0.25) is 25.2 Å². The van der Waals surface area contributed by atoms with Crippen molar-refractivity contribution >= 4 is 17.7 Å². The van der Waals surface area contributed by atoms with E-state index in [1.807, 2.05) is 55.5 Å². The van der Waals surface area contributed by atoms with E-state index in [1.165, 1.54) is 0 Å². The van der Waals surface area contributed by atoms with Crippen LogP contribution in [-0.4, -0.2) is 17.7 Å². The van der Waals surface area contributed by atoms with Crippen molar-refractivity contribution in [2.45, 2.75) is 25.8 Å². The van der Waals surface area contributed by atoms with E-state index < -0.39 is 17.9 Å². The molecule has 3 N–H and O–H groups in total. The van der Waals surface area contributed by atoms with Gasteiger partial charge >= 0.3 is 0 Å². The lowest BCUT2D eigenvalue weighted by atomic mass is 10.0. The molecular formula is C25H25N3O3. The van der Waals surface area contributed by atoms with E-state index in [2.05, 4.69) is 16.2 Å². The number of benzene rings is 3. The molecular weight excluding hydrogens is 390 g/mol. The van der Waals surface area contributed by atoms with Crippen molar-refractivity contribution in [3.63, 3.8) is 0 Å². The molecule has 0 saturated heterocycles. The third-order valence-electron chi connectivity index (χ3n) is 4.87. The van der Waals surface area contributed by atoms with Crippen molar-refractivity contribution < 1.29 is 14.4 Å². The zero-order valence-electron chi connectivity index (χ0n) is 17.3. The molecule has 3 aromatic rings. The van der Waals surface area contributed by atoms with Gasteiger partial charge in [-0.05, 0) is 41.8 Å². The van der Waals surface area contributed by atoms with Crippen molar-refractivity contribution in [1.29, 1.82) is 0 Å². The summed E-state index contributed by atoms with van der Waals surface area (Å²) in [6.07, 6.45) is 0.853. The fourth-order valence-corrected chi connectivity index (χ4v) is 3.10. The number of carbonyl (C=O) groups is 3.